The highest BCUT2D eigenvalue weighted by atomic mass is 32.2. The van der Waals surface area contributed by atoms with Crippen LogP contribution in [0.3, 0.4) is 0 Å². The van der Waals surface area contributed by atoms with Gasteiger partial charge in [0.1, 0.15) is 0 Å². The van der Waals surface area contributed by atoms with E-state index in [0.29, 0.717) is 11.0 Å². The van der Waals surface area contributed by atoms with Crippen LogP contribution < -0.4 is 15.7 Å². The molecule has 2 aromatic carbocycles. The number of nitrogens with zero attached hydrogens (tertiary/aromatic N) is 2. The summed E-state index contributed by atoms with van der Waals surface area (Å²) in [6.45, 7) is -0.00693. The molecule has 0 unspecified atom stereocenters. The number of aliphatic carboxylic acids is 1. The van der Waals surface area contributed by atoms with E-state index in [4.69, 9.17) is 5.11 Å². The number of carboxylic acid groups (broad SMARTS) is 1. The number of amides is 1. The van der Waals surface area contributed by atoms with Crippen molar-refractivity contribution in [1.29, 1.82) is 0 Å². The Bertz CT molecular complexity index is 1290. The van der Waals surface area contributed by atoms with Crippen LogP contribution in [0.25, 0.3) is 11.0 Å². The fourth-order valence-corrected chi connectivity index (χ4v) is 4.02. The first kappa shape index (κ1) is 21.1. The molecule has 1 heterocycles. The van der Waals surface area contributed by atoms with Crippen LogP contribution in [0.4, 0.5) is 5.69 Å². The molecule has 10 nitrogen and oxygen atoms in total. The van der Waals surface area contributed by atoms with Gasteiger partial charge in [0.15, 0.2) is 0 Å². The Morgan fingerprint density at radius 2 is 1.63 bits per heavy atom. The fourth-order valence-electron chi connectivity index (χ4n) is 2.94. The highest BCUT2D eigenvalue weighted by Gasteiger charge is 2.18. The lowest BCUT2D eigenvalue weighted by atomic mass is 10.2. The minimum atomic E-state index is -3.92. The zero-order valence-corrected chi connectivity index (χ0v) is 17.1. The number of imidazole rings is 1. The van der Waals surface area contributed by atoms with Crippen molar-refractivity contribution in [2.45, 2.75) is 11.3 Å². The molecular formula is C19H20N4O6S. The molecule has 30 heavy (non-hydrogen) atoms. The van der Waals surface area contributed by atoms with Crippen molar-refractivity contribution in [2.75, 3.05) is 11.3 Å². The lowest BCUT2D eigenvalue weighted by molar-refractivity contribution is -0.136. The predicted molar refractivity (Wildman–Crippen MR) is 110 cm³/mol. The summed E-state index contributed by atoms with van der Waals surface area (Å²) >= 11 is 0. The number of aromatic nitrogens is 2. The van der Waals surface area contributed by atoms with E-state index >= 15 is 0 Å². The molecule has 158 valence electrons. The summed E-state index contributed by atoms with van der Waals surface area (Å²) < 4.78 is 30.7. The first-order valence-electron chi connectivity index (χ1n) is 8.88. The standard InChI is InChI=1S/C19H20N4O6S/c1-22-15-8-7-14(11-16(15)23(2)19(22)27)30(28,29)21-13-5-3-12(4-6-13)18(26)20-10-9-17(24)25/h3-8,11,21H,9-10H2,1-2H3,(H,20,26)(H,24,25). The van der Waals surface area contributed by atoms with Gasteiger partial charge in [0, 0.05) is 31.9 Å². The molecule has 11 heteroatoms. The summed E-state index contributed by atoms with van der Waals surface area (Å²) in [5.41, 5.74) is 1.35. The van der Waals surface area contributed by atoms with Crippen molar-refractivity contribution < 1.29 is 23.1 Å². The van der Waals surface area contributed by atoms with Gasteiger partial charge in [-0.25, -0.2) is 13.2 Å². The molecular weight excluding hydrogens is 412 g/mol. The molecule has 3 rings (SSSR count). The summed E-state index contributed by atoms with van der Waals surface area (Å²) in [4.78, 5) is 34.5. The average molecular weight is 432 g/mol. The molecule has 0 saturated heterocycles. The molecule has 0 aliphatic carbocycles. The lowest BCUT2D eigenvalue weighted by Crippen LogP contribution is -2.25. The molecule has 3 aromatic rings. The van der Waals surface area contributed by atoms with Gasteiger partial charge in [-0.1, -0.05) is 0 Å². The Labute approximate surface area is 171 Å². The van der Waals surface area contributed by atoms with Crippen LogP contribution in [0, 0.1) is 0 Å². The fraction of sp³-hybridized carbons (Fsp3) is 0.211. The van der Waals surface area contributed by atoms with Gasteiger partial charge in [0.25, 0.3) is 15.9 Å². The Morgan fingerprint density at radius 3 is 2.27 bits per heavy atom. The third-order valence-electron chi connectivity index (χ3n) is 4.58. The van der Waals surface area contributed by atoms with Gasteiger partial charge in [0.2, 0.25) is 0 Å². The third kappa shape index (κ3) is 4.20. The number of anilines is 1. The number of aryl methyl sites for hydroxylation is 2. The van der Waals surface area contributed by atoms with Crippen LogP contribution in [0.5, 0.6) is 0 Å². The number of carboxylic acids is 1. The number of nitrogens with one attached hydrogen (secondary N) is 2. The summed E-state index contributed by atoms with van der Waals surface area (Å²) in [6, 6.07) is 10.1. The number of carbonyl (C=O) groups is 2. The van der Waals surface area contributed by atoms with Crippen LogP contribution in [0.1, 0.15) is 16.8 Å². The molecule has 0 bridgehead atoms. The van der Waals surface area contributed by atoms with Crippen molar-refractivity contribution in [3.05, 3.63) is 58.5 Å². The van der Waals surface area contributed by atoms with Gasteiger partial charge in [-0.05, 0) is 42.5 Å². The minimum Gasteiger partial charge on any atom is -0.481 e. The van der Waals surface area contributed by atoms with Gasteiger partial charge in [-0.2, -0.15) is 0 Å². The molecule has 0 fully saturated rings. The topological polar surface area (TPSA) is 139 Å². The van der Waals surface area contributed by atoms with E-state index in [9.17, 15) is 22.8 Å². The van der Waals surface area contributed by atoms with E-state index in [1.165, 1.54) is 45.5 Å². The van der Waals surface area contributed by atoms with Gasteiger partial charge in [0.05, 0.1) is 22.3 Å². The van der Waals surface area contributed by atoms with Crippen molar-refractivity contribution in [2.24, 2.45) is 14.1 Å². The molecule has 3 N–H and O–H groups in total. The van der Waals surface area contributed by atoms with Gasteiger partial charge >= 0.3 is 11.7 Å². The SMILES string of the molecule is Cn1c(=O)n(C)c2cc(S(=O)(=O)Nc3ccc(C(=O)NCCC(=O)O)cc3)ccc21. The molecule has 0 aliphatic heterocycles. The number of fused-ring (bicyclic) bond motifs is 1. The van der Waals surface area contributed by atoms with E-state index in [-0.39, 0.29) is 34.8 Å². The number of hydrogen-bond acceptors (Lipinski definition) is 5. The zero-order chi connectivity index (χ0) is 22.1. The average Bonchev–Trinajstić information content (AvgIpc) is 2.92. The maximum absolute atomic E-state index is 12.7. The normalized spacial score (nSPS) is 11.4. The molecule has 1 aromatic heterocycles. The van der Waals surface area contributed by atoms with Crippen molar-refractivity contribution in [3.8, 4) is 0 Å². The molecule has 0 spiro atoms. The Hall–Kier alpha value is -3.60. The first-order chi connectivity index (χ1) is 14.1. The number of sulfonamides is 1. The quantitative estimate of drug-likeness (QED) is 0.506. The summed E-state index contributed by atoms with van der Waals surface area (Å²) in [7, 11) is -0.751. The van der Waals surface area contributed by atoms with Crippen LogP contribution in [-0.2, 0) is 28.9 Å². The monoisotopic (exact) mass is 432 g/mol. The molecule has 0 atom stereocenters. The maximum Gasteiger partial charge on any atom is 0.328 e. The molecule has 0 radical (unpaired) electrons. The smallest absolute Gasteiger partial charge is 0.328 e. The van der Waals surface area contributed by atoms with Crippen molar-refractivity contribution in [3.63, 3.8) is 0 Å². The molecule has 0 aliphatic rings. The second-order valence-corrected chi connectivity index (χ2v) is 8.32. The number of carbonyl (C=O) groups excluding carboxylic acids is 1. The Balaban J connectivity index is 1.78. The van der Waals surface area contributed by atoms with Crippen LogP contribution in [0.15, 0.2) is 52.2 Å². The van der Waals surface area contributed by atoms with Crippen molar-refractivity contribution in [1.82, 2.24) is 14.5 Å². The maximum atomic E-state index is 12.7. The molecule has 1 amide bonds. The van der Waals surface area contributed by atoms with E-state index in [2.05, 4.69) is 10.0 Å². The second kappa shape index (κ2) is 8.03. The first-order valence-corrected chi connectivity index (χ1v) is 10.4. The van der Waals surface area contributed by atoms with Gasteiger partial charge in [-0.15, -0.1) is 0 Å². The van der Waals surface area contributed by atoms with Crippen LogP contribution in [-0.4, -0.2) is 41.1 Å². The van der Waals surface area contributed by atoms with Gasteiger partial charge < -0.3 is 10.4 Å². The predicted octanol–water partition coefficient (Wildman–Crippen LogP) is 0.882. The number of benzene rings is 2. The van der Waals surface area contributed by atoms with Crippen molar-refractivity contribution >= 4 is 38.6 Å². The van der Waals surface area contributed by atoms with Crippen LogP contribution in [0.2, 0.25) is 0 Å². The Morgan fingerprint density at radius 1 is 1.00 bits per heavy atom. The minimum absolute atomic E-state index is 0.00693. The summed E-state index contributed by atoms with van der Waals surface area (Å²) in [5.74, 6) is -1.48. The number of hydrogen-bond donors (Lipinski definition) is 3. The highest BCUT2D eigenvalue weighted by molar-refractivity contribution is 7.92. The van der Waals surface area contributed by atoms with E-state index < -0.39 is 21.9 Å². The van der Waals surface area contributed by atoms with E-state index in [1.54, 1.807) is 20.2 Å². The Kier molecular flexibility index (Phi) is 5.65. The second-order valence-electron chi connectivity index (χ2n) is 6.63. The largest absolute Gasteiger partial charge is 0.481 e. The van der Waals surface area contributed by atoms with Gasteiger partial charge in [-0.3, -0.25) is 23.4 Å². The van der Waals surface area contributed by atoms with E-state index in [1.807, 2.05) is 0 Å². The lowest BCUT2D eigenvalue weighted by Gasteiger charge is -2.10. The number of rotatable bonds is 7. The van der Waals surface area contributed by atoms with E-state index in [0.717, 1.165) is 0 Å². The summed E-state index contributed by atoms with van der Waals surface area (Å²) in [5, 5.41) is 11.1. The zero-order valence-electron chi connectivity index (χ0n) is 16.2. The summed E-state index contributed by atoms with van der Waals surface area (Å²) in [6.07, 6.45) is -0.193. The highest BCUT2D eigenvalue weighted by Crippen LogP contribution is 2.21. The molecule has 0 saturated carbocycles. The third-order valence-corrected chi connectivity index (χ3v) is 5.96. The van der Waals surface area contributed by atoms with Crippen LogP contribution >= 0.6 is 0 Å².